The third kappa shape index (κ3) is 4.49. The van der Waals surface area contributed by atoms with E-state index in [9.17, 15) is 23.1 Å². The van der Waals surface area contributed by atoms with Crippen LogP contribution in [0.15, 0.2) is 18.2 Å². The van der Waals surface area contributed by atoms with Crippen LogP contribution in [0, 0.1) is 0 Å². The molecule has 0 bridgehead atoms. The molecule has 2 rings (SSSR count). The van der Waals surface area contributed by atoms with Crippen molar-refractivity contribution in [3.8, 4) is 5.75 Å². The van der Waals surface area contributed by atoms with Gasteiger partial charge in [0, 0.05) is 11.5 Å². The first-order chi connectivity index (χ1) is 11.8. The molecule has 0 fully saturated rings. The maximum Gasteiger partial charge on any atom is 0.451 e. The fourth-order valence-corrected chi connectivity index (χ4v) is 2.30. The van der Waals surface area contributed by atoms with E-state index in [-0.39, 0.29) is 23.1 Å². The normalized spacial score (nSPS) is 12.8. The van der Waals surface area contributed by atoms with Gasteiger partial charge in [-0.25, -0.2) is 14.8 Å². The molecule has 1 heterocycles. The van der Waals surface area contributed by atoms with Gasteiger partial charge in [0.1, 0.15) is 17.6 Å². The number of benzene rings is 1. The van der Waals surface area contributed by atoms with Gasteiger partial charge in [0.15, 0.2) is 0 Å². The minimum absolute atomic E-state index is 0.0174. The van der Waals surface area contributed by atoms with E-state index in [4.69, 9.17) is 4.74 Å². The van der Waals surface area contributed by atoms with Crippen LogP contribution in [0.25, 0.3) is 10.9 Å². The summed E-state index contributed by atoms with van der Waals surface area (Å²) in [5.41, 5.74) is 0.0174. The van der Waals surface area contributed by atoms with Crippen LogP contribution in [0.2, 0.25) is 0 Å². The number of rotatable bonds is 7. The van der Waals surface area contributed by atoms with Gasteiger partial charge in [-0.05, 0) is 18.6 Å². The number of aliphatic carboxylic acids is 1. The molecule has 0 amide bonds. The Labute approximate surface area is 142 Å². The van der Waals surface area contributed by atoms with Crippen molar-refractivity contribution in [2.24, 2.45) is 0 Å². The molecule has 0 spiro atoms. The van der Waals surface area contributed by atoms with Gasteiger partial charge in [0.25, 0.3) is 0 Å². The summed E-state index contributed by atoms with van der Waals surface area (Å²) in [5, 5.41) is 12.2. The number of hydrogen-bond acceptors (Lipinski definition) is 5. The number of nitrogens with zero attached hydrogens (tertiary/aromatic N) is 2. The highest BCUT2D eigenvalue weighted by molar-refractivity contribution is 5.91. The van der Waals surface area contributed by atoms with Gasteiger partial charge in [-0.15, -0.1) is 0 Å². The molecule has 2 N–H and O–H groups in total. The van der Waals surface area contributed by atoms with Crippen LogP contribution < -0.4 is 10.1 Å². The number of unbranched alkanes of at least 4 members (excludes halogenated alkanes) is 1. The third-order valence-electron chi connectivity index (χ3n) is 3.61. The molecule has 0 aliphatic rings. The van der Waals surface area contributed by atoms with Crippen molar-refractivity contribution < 1.29 is 27.8 Å². The number of anilines is 1. The van der Waals surface area contributed by atoms with Gasteiger partial charge in [0.2, 0.25) is 5.82 Å². The number of ether oxygens (including phenoxy) is 1. The lowest BCUT2D eigenvalue weighted by molar-refractivity contribution is -0.144. The number of carbonyl (C=O) groups is 1. The van der Waals surface area contributed by atoms with Crippen molar-refractivity contribution in [1.29, 1.82) is 0 Å². The van der Waals surface area contributed by atoms with Crippen LogP contribution in [0.5, 0.6) is 5.75 Å². The SMILES string of the molecule is CCCCC(Nc1nc(C(F)(F)F)nc2cc(OC)ccc12)C(=O)O. The van der Waals surface area contributed by atoms with Gasteiger partial charge < -0.3 is 15.2 Å². The molecule has 1 atom stereocenters. The number of hydrogen-bond donors (Lipinski definition) is 2. The highest BCUT2D eigenvalue weighted by Gasteiger charge is 2.36. The highest BCUT2D eigenvalue weighted by Crippen LogP contribution is 2.32. The summed E-state index contributed by atoms with van der Waals surface area (Å²) >= 11 is 0. The van der Waals surface area contributed by atoms with E-state index in [0.717, 1.165) is 6.42 Å². The first kappa shape index (κ1) is 18.8. The lowest BCUT2D eigenvalue weighted by atomic mass is 10.1. The topological polar surface area (TPSA) is 84.3 Å². The van der Waals surface area contributed by atoms with Gasteiger partial charge in [-0.2, -0.15) is 13.2 Å². The molecule has 0 saturated carbocycles. The lowest BCUT2D eigenvalue weighted by Gasteiger charge is -2.17. The monoisotopic (exact) mass is 357 g/mol. The molecule has 9 heteroatoms. The number of fused-ring (bicyclic) bond motifs is 1. The van der Waals surface area contributed by atoms with Crippen LogP contribution >= 0.6 is 0 Å². The van der Waals surface area contributed by atoms with Crippen molar-refractivity contribution in [3.05, 3.63) is 24.0 Å². The maximum atomic E-state index is 13.1. The van der Waals surface area contributed by atoms with Crippen LogP contribution in [-0.4, -0.2) is 34.2 Å². The van der Waals surface area contributed by atoms with Crippen molar-refractivity contribution in [2.75, 3.05) is 12.4 Å². The van der Waals surface area contributed by atoms with Gasteiger partial charge in [-0.1, -0.05) is 19.8 Å². The van der Waals surface area contributed by atoms with E-state index in [1.54, 1.807) is 6.07 Å². The molecule has 0 aliphatic carbocycles. The number of methoxy groups -OCH3 is 1. The Kier molecular flexibility index (Phi) is 5.66. The molecule has 25 heavy (non-hydrogen) atoms. The summed E-state index contributed by atoms with van der Waals surface area (Å²) in [4.78, 5) is 18.4. The molecule has 0 saturated heterocycles. The predicted octanol–water partition coefficient (Wildman–Crippen LogP) is 3.71. The van der Waals surface area contributed by atoms with Crippen LogP contribution in [0.1, 0.15) is 32.0 Å². The number of carboxylic acid groups (broad SMARTS) is 1. The second kappa shape index (κ2) is 7.54. The molecule has 2 aromatic rings. The van der Waals surface area contributed by atoms with Crippen LogP contribution in [0.3, 0.4) is 0 Å². The van der Waals surface area contributed by atoms with Crippen molar-refractivity contribution in [1.82, 2.24) is 9.97 Å². The van der Waals surface area contributed by atoms with Gasteiger partial charge in [0.05, 0.1) is 12.6 Å². The molecular weight excluding hydrogens is 339 g/mol. The van der Waals surface area contributed by atoms with Crippen LogP contribution in [-0.2, 0) is 11.0 Å². The van der Waals surface area contributed by atoms with Crippen LogP contribution in [0.4, 0.5) is 19.0 Å². The summed E-state index contributed by atoms with van der Waals surface area (Å²) in [6.45, 7) is 1.90. The van der Waals surface area contributed by atoms with E-state index in [1.807, 2.05) is 6.92 Å². The van der Waals surface area contributed by atoms with E-state index in [1.165, 1.54) is 19.2 Å². The largest absolute Gasteiger partial charge is 0.497 e. The Morgan fingerprint density at radius 1 is 1.36 bits per heavy atom. The molecule has 1 aromatic heterocycles. The number of nitrogens with one attached hydrogen (secondary N) is 1. The van der Waals surface area contributed by atoms with E-state index in [2.05, 4.69) is 15.3 Å². The van der Waals surface area contributed by atoms with Crippen molar-refractivity contribution >= 4 is 22.7 Å². The third-order valence-corrected chi connectivity index (χ3v) is 3.61. The van der Waals surface area contributed by atoms with E-state index >= 15 is 0 Å². The second-order valence-electron chi connectivity index (χ2n) is 5.45. The Balaban J connectivity index is 2.53. The molecule has 136 valence electrons. The Hall–Kier alpha value is -2.58. The minimum atomic E-state index is -4.75. The standard InChI is InChI=1S/C16H18F3N3O3/c1-3-4-5-11(14(23)24)20-13-10-7-6-9(25-2)8-12(10)21-15(22-13)16(17,18)19/h6-8,11H,3-5H2,1-2H3,(H,23,24)(H,20,21,22). The number of alkyl halides is 3. The summed E-state index contributed by atoms with van der Waals surface area (Å²) in [6, 6.07) is 3.35. The predicted molar refractivity (Wildman–Crippen MR) is 85.7 cm³/mol. The average Bonchev–Trinajstić information content (AvgIpc) is 2.56. The quantitative estimate of drug-likeness (QED) is 0.786. The zero-order valence-corrected chi connectivity index (χ0v) is 13.7. The smallest absolute Gasteiger partial charge is 0.451 e. The van der Waals surface area contributed by atoms with Crippen molar-refractivity contribution in [2.45, 2.75) is 38.4 Å². The summed E-state index contributed by atoms with van der Waals surface area (Å²) in [5.74, 6) is -2.31. The average molecular weight is 357 g/mol. The first-order valence-corrected chi connectivity index (χ1v) is 7.68. The molecule has 0 radical (unpaired) electrons. The number of halogens is 3. The Morgan fingerprint density at radius 3 is 2.64 bits per heavy atom. The fourth-order valence-electron chi connectivity index (χ4n) is 2.30. The number of aromatic nitrogens is 2. The molecule has 1 unspecified atom stereocenters. The van der Waals surface area contributed by atoms with Gasteiger partial charge >= 0.3 is 12.1 Å². The zero-order chi connectivity index (χ0) is 18.6. The van der Waals surface area contributed by atoms with E-state index in [0.29, 0.717) is 12.2 Å². The highest BCUT2D eigenvalue weighted by atomic mass is 19.4. The summed E-state index contributed by atoms with van der Waals surface area (Å²) in [6.07, 6.45) is -3.10. The zero-order valence-electron chi connectivity index (χ0n) is 13.7. The summed E-state index contributed by atoms with van der Waals surface area (Å²) < 4.78 is 44.2. The van der Waals surface area contributed by atoms with Crippen molar-refractivity contribution in [3.63, 3.8) is 0 Å². The Morgan fingerprint density at radius 2 is 2.08 bits per heavy atom. The van der Waals surface area contributed by atoms with E-state index < -0.39 is 24.0 Å². The Bertz CT molecular complexity index is 765. The molecule has 6 nitrogen and oxygen atoms in total. The maximum absolute atomic E-state index is 13.1. The summed E-state index contributed by atoms with van der Waals surface area (Å²) in [7, 11) is 1.39. The number of carboxylic acids is 1. The van der Waals surface area contributed by atoms with Gasteiger partial charge in [-0.3, -0.25) is 0 Å². The minimum Gasteiger partial charge on any atom is -0.497 e. The second-order valence-corrected chi connectivity index (χ2v) is 5.45. The lowest BCUT2D eigenvalue weighted by Crippen LogP contribution is -2.30. The first-order valence-electron chi connectivity index (χ1n) is 7.68. The molecular formula is C16H18F3N3O3. The molecule has 0 aliphatic heterocycles. The fraction of sp³-hybridized carbons (Fsp3) is 0.438. The molecule has 1 aromatic carbocycles.